The van der Waals surface area contributed by atoms with Crippen LogP contribution in [0.15, 0.2) is 10.9 Å². The van der Waals surface area contributed by atoms with E-state index in [4.69, 9.17) is 5.73 Å². The van der Waals surface area contributed by atoms with E-state index >= 15 is 0 Å². The Labute approximate surface area is 96.3 Å². The number of nitrogens with two attached hydrogens (primary N) is 1. The summed E-state index contributed by atoms with van der Waals surface area (Å²) in [7, 11) is 0. The topological polar surface area (TPSA) is 48.0 Å². The van der Waals surface area contributed by atoms with Crippen LogP contribution in [-0.2, 0) is 12.8 Å². The largest absolute Gasteiger partial charge is 0.394 e. The average molecular weight is 220 g/mol. The van der Waals surface area contributed by atoms with E-state index in [1.807, 2.05) is 10.6 Å². The van der Waals surface area contributed by atoms with Gasteiger partial charge in [0, 0.05) is 11.7 Å². The van der Waals surface area contributed by atoms with Crippen molar-refractivity contribution in [3.63, 3.8) is 0 Å². The van der Waals surface area contributed by atoms with Crippen LogP contribution in [-0.4, -0.2) is 4.57 Å². The molecule has 1 aromatic heterocycles. The number of anilines is 1. The molecule has 1 aromatic rings. The van der Waals surface area contributed by atoms with Crippen LogP contribution in [0.25, 0.3) is 0 Å². The fraction of sp³-hybridized carbons (Fsp3) is 0.615. The van der Waals surface area contributed by atoms with Crippen LogP contribution < -0.4 is 11.3 Å². The summed E-state index contributed by atoms with van der Waals surface area (Å²) in [4.78, 5) is 12.1. The van der Waals surface area contributed by atoms with Crippen LogP contribution in [0.2, 0.25) is 0 Å². The van der Waals surface area contributed by atoms with Crippen molar-refractivity contribution in [1.29, 1.82) is 0 Å². The third-order valence-electron chi connectivity index (χ3n) is 3.60. The molecule has 0 saturated carbocycles. The number of rotatable bonds is 2. The minimum atomic E-state index is -0.00463. The number of nitrogen functional groups attached to an aromatic ring is 1. The van der Waals surface area contributed by atoms with Crippen molar-refractivity contribution in [2.75, 3.05) is 5.73 Å². The number of aromatic nitrogens is 1. The molecular weight excluding hydrogens is 200 g/mol. The van der Waals surface area contributed by atoms with Gasteiger partial charge in [0.25, 0.3) is 5.56 Å². The first kappa shape index (κ1) is 11.2. The van der Waals surface area contributed by atoms with Gasteiger partial charge in [-0.3, -0.25) is 4.79 Å². The van der Waals surface area contributed by atoms with E-state index in [-0.39, 0.29) is 11.6 Å². The molecule has 16 heavy (non-hydrogen) atoms. The smallest absolute Gasteiger partial charge is 0.274 e. The van der Waals surface area contributed by atoms with Gasteiger partial charge >= 0.3 is 0 Å². The molecule has 88 valence electrons. The molecule has 3 nitrogen and oxygen atoms in total. The Hall–Kier alpha value is -1.25. The lowest BCUT2D eigenvalue weighted by Gasteiger charge is -2.25. The van der Waals surface area contributed by atoms with Gasteiger partial charge in [-0.1, -0.05) is 6.92 Å². The van der Waals surface area contributed by atoms with Crippen LogP contribution >= 0.6 is 0 Å². The number of hydrogen-bond donors (Lipinski definition) is 1. The molecule has 0 fully saturated rings. The zero-order valence-corrected chi connectivity index (χ0v) is 10.1. The first-order valence-electron chi connectivity index (χ1n) is 6.18. The van der Waals surface area contributed by atoms with Gasteiger partial charge in [0.15, 0.2) is 0 Å². The Kier molecular flexibility index (Phi) is 3.03. The van der Waals surface area contributed by atoms with E-state index in [1.165, 1.54) is 24.1 Å². The van der Waals surface area contributed by atoms with Crippen LogP contribution in [0.3, 0.4) is 0 Å². The van der Waals surface area contributed by atoms with Crippen LogP contribution in [0.4, 0.5) is 5.69 Å². The second-order valence-corrected chi connectivity index (χ2v) is 4.71. The summed E-state index contributed by atoms with van der Waals surface area (Å²) in [6, 6.07) is 2.14. The van der Waals surface area contributed by atoms with Gasteiger partial charge in [-0.15, -0.1) is 0 Å². The molecule has 1 atom stereocenters. The third-order valence-corrected chi connectivity index (χ3v) is 3.60. The van der Waals surface area contributed by atoms with Gasteiger partial charge in [0.05, 0.1) is 5.69 Å². The van der Waals surface area contributed by atoms with E-state index in [2.05, 4.69) is 13.8 Å². The number of aryl methyl sites for hydroxylation is 1. The van der Waals surface area contributed by atoms with E-state index in [0.29, 0.717) is 5.69 Å². The molecule has 0 bridgehead atoms. The summed E-state index contributed by atoms with van der Waals surface area (Å²) in [6.45, 7) is 4.20. The molecule has 2 rings (SSSR count). The monoisotopic (exact) mass is 220 g/mol. The SMILES string of the molecule is CCC(C)n1c2c(cc(N)c1=O)CCCC2. The first-order valence-corrected chi connectivity index (χ1v) is 6.18. The second kappa shape index (κ2) is 4.32. The maximum atomic E-state index is 12.1. The maximum Gasteiger partial charge on any atom is 0.274 e. The van der Waals surface area contributed by atoms with Gasteiger partial charge in [0.1, 0.15) is 0 Å². The van der Waals surface area contributed by atoms with Gasteiger partial charge in [-0.2, -0.15) is 0 Å². The Bertz CT molecular complexity index is 448. The molecule has 1 aliphatic carbocycles. The zero-order valence-electron chi connectivity index (χ0n) is 10.1. The normalized spacial score (nSPS) is 16.9. The Morgan fingerprint density at radius 2 is 2.12 bits per heavy atom. The number of nitrogens with zero attached hydrogens (tertiary/aromatic N) is 1. The first-order chi connectivity index (χ1) is 7.65. The van der Waals surface area contributed by atoms with Crippen molar-refractivity contribution in [1.82, 2.24) is 4.57 Å². The molecule has 3 heteroatoms. The molecule has 0 aliphatic heterocycles. The van der Waals surface area contributed by atoms with Gasteiger partial charge < -0.3 is 10.3 Å². The van der Waals surface area contributed by atoms with Crippen molar-refractivity contribution in [3.05, 3.63) is 27.7 Å². The summed E-state index contributed by atoms with van der Waals surface area (Å²) in [5.74, 6) is 0. The van der Waals surface area contributed by atoms with Crippen LogP contribution in [0.1, 0.15) is 50.4 Å². The quantitative estimate of drug-likeness (QED) is 0.831. The van der Waals surface area contributed by atoms with Crippen LogP contribution in [0, 0.1) is 0 Å². The third kappa shape index (κ3) is 1.75. The van der Waals surface area contributed by atoms with Crippen LogP contribution in [0.5, 0.6) is 0 Å². The molecule has 2 N–H and O–H groups in total. The summed E-state index contributed by atoms with van der Waals surface area (Å²) in [5.41, 5.74) is 8.71. The predicted molar refractivity (Wildman–Crippen MR) is 66.8 cm³/mol. The Balaban J connectivity index is 2.63. The molecule has 0 amide bonds. The summed E-state index contributed by atoms with van der Waals surface area (Å²) in [6.07, 6.45) is 5.46. The fourth-order valence-corrected chi connectivity index (χ4v) is 2.50. The highest BCUT2D eigenvalue weighted by molar-refractivity contribution is 5.42. The molecule has 0 saturated heterocycles. The number of pyridine rings is 1. The Morgan fingerprint density at radius 1 is 1.44 bits per heavy atom. The summed E-state index contributed by atoms with van der Waals surface area (Å²) in [5, 5.41) is 0. The van der Waals surface area contributed by atoms with Crippen molar-refractivity contribution in [2.45, 2.75) is 52.0 Å². The highest BCUT2D eigenvalue weighted by Gasteiger charge is 2.18. The number of hydrogen-bond acceptors (Lipinski definition) is 2. The second-order valence-electron chi connectivity index (χ2n) is 4.71. The standard InChI is InChI=1S/C13H20N2O/c1-3-9(2)15-12-7-5-4-6-10(12)8-11(14)13(15)16/h8-9H,3-7,14H2,1-2H3. The molecule has 1 unspecified atom stereocenters. The lowest BCUT2D eigenvalue weighted by Crippen LogP contribution is -2.30. The van der Waals surface area contributed by atoms with Gasteiger partial charge in [-0.05, 0) is 50.7 Å². The van der Waals surface area contributed by atoms with Crippen molar-refractivity contribution in [3.8, 4) is 0 Å². The van der Waals surface area contributed by atoms with Crippen molar-refractivity contribution in [2.24, 2.45) is 0 Å². The van der Waals surface area contributed by atoms with E-state index < -0.39 is 0 Å². The molecule has 0 aromatic carbocycles. The van der Waals surface area contributed by atoms with Crippen molar-refractivity contribution >= 4 is 5.69 Å². The zero-order chi connectivity index (χ0) is 11.7. The average Bonchev–Trinajstić information content (AvgIpc) is 2.30. The fourth-order valence-electron chi connectivity index (χ4n) is 2.50. The van der Waals surface area contributed by atoms with E-state index in [9.17, 15) is 4.79 Å². The lowest BCUT2D eigenvalue weighted by molar-refractivity contribution is 0.476. The predicted octanol–water partition coefficient (Wildman–Crippen LogP) is 2.28. The summed E-state index contributed by atoms with van der Waals surface area (Å²) >= 11 is 0. The highest BCUT2D eigenvalue weighted by atomic mass is 16.1. The maximum absolute atomic E-state index is 12.1. The van der Waals surface area contributed by atoms with E-state index in [1.54, 1.807) is 0 Å². The minimum Gasteiger partial charge on any atom is -0.394 e. The van der Waals surface area contributed by atoms with E-state index in [0.717, 1.165) is 19.3 Å². The summed E-state index contributed by atoms with van der Waals surface area (Å²) < 4.78 is 1.92. The highest BCUT2D eigenvalue weighted by Crippen LogP contribution is 2.24. The molecule has 1 aliphatic rings. The molecular formula is C13H20N2O. The van der Waals surface area contributed by atoms with Gasteiger partial charge in [-0.25, -0.2) is 0 Å². The lowest BCUT2D eigenvalue weighted by atomic mass is 9.94. The Morgan fingerprint density at radius 3 is 2.81 bits per heavy atom. The minimum absolute atomic E-state index is 0.00463. The number of fused-ring (bicyclic) bond motifs is 1. The molecule has 0 spiro atoms. The van der Waals surface area contributed by atoms with Gasteiger partial charge in [0.2, 0.25) is 0 Å². The van der Waals surface area contributed by atoms with Crippen molar-refractivity contribution < 1.29 is 0 Å². The molecule has 0 radical (unpaired) electrons. The molecule has 1 heterocycles.